The lowest BCUT2D eigenvalue weighted by Crippen LogP contribution is -1.91. The van der Waals surface area contributed by atoms with Crippen LogP contribution in [0, 0.1) is 0 Å². The third-order valence-electron chi connectivity index (χ3n) is 1.57. The first-order valence-electron chi connectivity index (χ1n) is 3.44. The SMILES string of the molecule is Nc1ccc2c(Br)ccnc2n1. The molecule has 60 valence electrons. The number of fused-ring (bicyclic) bond motifs is 1. The van der Waals surface area contributed by atoms with E-state index in [1.807, 2.05) is 12.1 Å². The largest absolute Gasteiger partial charge is 0.384 e. The van der Waals surface area contributed by atoms with Crippen LogP contribution in [-0.2, 0) is 0 Å². The molecule has 0 radical (unpaired) electrons. The molecule has 0 aromatic carbocycles. The summed E-state index contributed by atoms with van der Waals surface area (Å²) in [5, 5.41) is 0.978. The topological polar surface area (TPSA) is 51.8 Å². The minimum atomic E-state index is 0.494. The summed E-state index contributed by atoms with van der Waals surface area (Å²) in [6.45, 7) is 0. The maximum absolute atomic E-state index is 5.51. The molecule has 4 heteroatoms. The van der Waals surface area contributed by atoms with Gasteiger partial charge in [-0.05, 0) is 34.1 Å². The number of hydrogen-bond donors (Lipinski definition) is 1. The van der Waals surface area contributed by atoms with Gasteiger partial charge in [-0.1, -0.05) is 0 Å². The zero-order valence-corrected chi connectivity index (χ0v) is 7.75. The smallest absolute Gasteiger partial charge is 0.162 e. The van der Waals surface area contributed by atoms with E-state index >= 15 is 0 Å². The molecule has 0 aliphatic heterocycles. The normalized spacial score (nSPS) is 10.4. The van der Waals surface area contributed by atoms with Crippen LogP contribution in [-0.4, -0.2) is 9.97 Å². The van der Waals surface area contributed by atoms with E-state index in [2.05, 4.69) is 25.9 Å². The summed E-state index contributed by atoms with van der Waals surface area (Å²) in [4.78, 5) is 8.15. The first kappa shape index (κ1) is 7.49. The van der Waals surface area contributed by atoms with Gasteiger partial charge in [-0.3, -0.25) is 0 Å². The lowest BCUT2D eigenvalue weighted by atomic mass is 10.3. The molecule has 0 saturated carbocycles. The molecule has 0 aliphatic carbocycles. The number of nitrogen functional groups attached to an aromatic ring is 1. The molecule has 2 N–H and O–H groups in total. The lowest BCUT2D eigenvalue weighted by Gasteiger charge is -1.98. The molecule has 0 amide bonds. The highest BCUT2D eigenvalue weighted by Crippen LogP contribution is 2.20. The van der Waals surface area contributed by atoms with Gasteiger partial charge in [0.05, 0.1) is 0 Å². The van der Waals surface area contributed by atoms with Gasteiger partial charge >= 0.3 is 0 Å². The molecule has 0 spiro atoms. The molecule has 0 aliphatic rings. The zero-order chi connectivity index (χ0) is 8.55. The number of hydrogen-bond acceptors (Lipinski definition) is 3. The second-order valence-electron chi connectivity index (χ2n) is 2.40. The van der Waals surface area contributed by atoms with Crippen molar-refractivity contribution in [2.75, 3.05) is 5.73 Å². The van der Waals surface area contributed by atoms with Crippen molar-refractivity contribution in [2.24, 2.45) is 0 Å². The Hall–Kier alpha value is -1.16. The van der Waals surface area contributed by atoms with Gasteiger partial charge in [-0.15, -0.1) is 0 Å². The Morgan fingerprint density at radius 1 is 1.25 bits per heavy atom. The molecule has 0 fully saturated rings. The molecule has 2 rings (SSSR count). The molecule has 0 unspecified atom stereocenters. The molecule has 12 heavy (non-hydrogen) atoms. The van der Waals surface area contributed by atoms with Gasteiger partial charge in [0.2, 0.25) is 0 Å². The molecule has 2 heterocycles. The number of nitrogens with zero attached hydrogens (tertiary/aromatic N) is 2. The fourth-order valence-corrected chi connectivity index (χ4v) is 1.44. The maximum atomic E-state index is 5.51. The van der Waals surface area contributed by atoms with Gasteiger partial charge in [0.15, 0.2) is 5.65 Å². The Kier molecular flexibility index (Phi) is 1.69. The third kappa shape index (κ3) is 1.14. The van der Waals surface area contributed by atoms with Gasteiger partial charge < -0.3 is 5.73 Å². The van der Waals surface area contributed by atoms with E-state index in [1.54, 1.807) is 12.3 Å². The summed E-state index contributed by atoms with van der Waals surface area (Å²) in [6.07, 6.45) is 1.69. The van der Waals surface area contributed by atoms with Gasteiger partial charge in [0.25, 0.3) is 0 Å². The van der Waals surface area contributed by atoms with Crippen molar-refractivity contribution >= 4 is 32.8 Å². The number of nitrogens with two attached hydrogens (primary N) is 1. The fourth-order valence-electron chi connectivity index (χ4n) is 1.01. The van der Waals surface area contributed by atoms with Crippen LogP contribution in [0.4, 0.5) is 5.82 Å². The van der Waals surface area contributed by atoms with Crippen LogP contribution in [0.25, 0.3) is 11.0 Å². The molecule has 3 nitrogen and oxygen atoms in total. The highest BCUT2D eigenvalue weighted by molar-refractivity contribution is 9.10. The fraction of sp³-hybridized carbons (Fsp3) is 0. The van der Waals surface area contributed by atoms with Crippen molar-refractivity contribution in [3.05, 3.63) is 28.9 Å². The molecule has 2 aromatic rings. The summed E-state index contributed by atoms with van der Waals surface area (Å²) in [7, 11) is 0. The molecular weight excluding hydrogens is 218 g/mol. The molecule has 0 bridgehead atoms. The number of halogens is 1. The monoisotopic (exact) mass is 223 g/mol. The quantitative estimate of drug-likeness (QED) is 0.744. The van der Waals surface area contributed by atoms with Gasteiger partial charge in [0.1, 0.15) is 5.82 Å². The number of rotatable bonds is 0. The minimum Gasteiger partial charge on any atom is -0.384 e. The van der Waals surface area contributed by atoms with E-state index in [9.17, 15) is 0 Å². The number of aromatic nitrogens is 2. The summed E-state index contributed by atoms with van der Waals surface area (Å²) in [5.74, 6) is 0.494. The van der Waals surface area contributed by atoms with Gasteiger partial charge in [-0.2, -0.15) is 0 Å². The van der Waals surface area contributed by atoms with Crippen LogP contribution in [0.2, 0.25) is 0 Å². The van der Waals surface area contributed by atoms with E-state index in [0.717, 1.165) is 9.86 Å². The Morgan fingerprint density at radius 3 is 2.92 bits per heavy atom. The van der Waals surface area contributed by atoms with Crippen LogP contribution in [0.1, 0.15) is 0 Å². The van der Waals surface area contributed by atoms with Crippen molar-refractivity contribution in [3.63, 3.8) is 0 Å². The summed E-state index contributed by atoms with van der Waals surface area (Å²) in [5.41, 5.74) is 6.18. The Labute approximate surface area is 77.8 Å². The van der Waals surface area contributed by atoms with E-state index in [0.29, 0.717) is 11.5 Å². The summed E-state index contributed by atoms with van der Waals surface area (Å²) in [6, 6.07) is 5.53. The second kappa shape index (κ2) is 2.71. The van der Waals surface area contributed by atoms with E-state index in [4.69, 9.17) is 5.73 Å². The average molecular weight is 224 g/mol. The predicted octanol–water partition coefficient (Wildman–Crippen LogP) is 1.97. The summed E-state index contributed by atoms with van der Waals surface area (Å²) >= 11 is 3.40. The van der Waals surface area contributed by atoms with Crippen LogP contribution in [0.3, 0.4) is 0 Å². The average Bonchev–Trinajstić information content (AvgIpc) is 2.04. The minimum absolute atomic E-state index is 0.494. The van der Waals surface area contributed by atoms with Crippen molar-refractivity contribution in [3.8, 4) is 0 Å². The van der Waals surface area contributed by atoms with Crippen molar-refractivity contribution < 1.29 is 0 Å². The highest BCUT2D eigenvalue weighted by Gasteiger charge is 1.99. The Balaban J connectivity index is 2.86. The van der Waals surface area contributed by atoms with Crippen LogP contribution < -0.4 is 5.73 Å². The van der Waals surface area contributed by atoms with Crippen LogP contribution in [0.15, 0.2) is 28.9 Å². The highest BCUT2D eigenvalue weighted by atomic mass is 79.9. The van der Waals surface area contributed by atoms with Crippen molar-refractivity contribution in [1.82, 2.24) is 9.97 Å². The first-order chi connectivity index (χ1) is 5.77. The van der Waals surface area contributed by atoms with Crippen molar-refractivity contribution in [2.45, 2.75) is 0 Å². The maximum Gasteiger partial charge on any atom is 0.162 e. The molecule has 0 saturated heterocycles. The number of anilines is 1. The van der Waals surface area contributed by atoms with E-state index < -0.39 is 0 Å². The standard InChI is InChI=1S/C8H6BrN3/c9-6-3-4-11-8-5(6)1-2-7(10)12-8/h1-4H,(H2,10,11,12). The second-order valence-corrected chi connectivity index (χ2v) is 3.25. The van der Waals surface area contributed by atoms with Crippen LogP contribution >= 0.6 is 15.9 Å². The van der Waals surface area contributed by atoms with E-state index in [-0.39, 0.29) is 0 Å². The zero-order valence-electron chi connectivity index (χ0n) is 6.16. The number of pyridine rings is 2. The Bertz CT molecular complexity index is 428. The summed E-state index contributed by atoms with van der Waals surface area (Å²) < 4.78 is 0.986. The lowest BCUT2D eigenvalue weighted by molar-refractivity contribution is 1.29. The van der Waals surface area contributed by atoms with Gasteiger partial charge in [-0.25, -0.2) is 9.97 Å². The van der Waals surface area contributed by atoms with Crippen LogP contribution in [0.5, 0.6) is 0 Å². The molecular formula is C8H6BrN3. The van der Waals surface area contributed by atoms with Crippen molar-refractivity contribution in [1.29, 1.82) is 0 Å². The first-order valence-corrected chi connectivity index (χ1v) is 4.23. The Morgan fingerprint density at radius 2 is 2.08 bits per heavy atom. The van der Waals surface area contributed by atoms with Gasteiger partial charge in [0, 0.05) is 16.1 Å². The third-order valence-corrected chi connectivity index (χ3v) is 2.26. The van der Waals surface area contributed by atoms with E-state index in [1.165, 1.54) is 0 Å². The molecule has 0 atom stereocenters. The predicted molar refractivity (Wildman–Crippen MR) is 51.7 cm³/mol. The molecule has 2 aromatic heterocycles.